The molecule has 106 valence electrons. The third kappa shape index (κ3) is 3.47. The summed E-state index contributed by atoms with van der Waals surface area (Å²) in [7, 11) is 0. The van der Waals surface area contributed by atoms with Gasteiger partial charge in [-0.2, -0.15) is 0 Å². The molecular weight excluding hydrogens is 319 g/mol. The highest BCUT2D eigenvalue weighted by Gasteiger charge is 2.24. The van der Waals surface area contributed by atoms with E-state index in [1.165, 1.54) is 17.7 Å². The molecule has 20 heavy (non-hydrogen) atoms. The first-order valence-corrected chi connectivity index (χ1v) is 7.47. The molecule has 1 unspecified atom stereocenters. The van der Waals surface area contributed by atoms with Crippen LogP contribution in [0.2, 0.25) is 0 Å². The maximum absolute atomic E-state index is 13.3. The Kier molecular flexibility index (Phi) is 4.61. The maximum Gasteiger partial charge on any atom is 0.123 e. The first-order chi connectivity index (χ1) is 9.42. The van der Waals surface area contributed by atoms with Gasteiger partial charge >= 0.3 is 0 Å². The summed E-state index contributed by atoms with van der Waals surface area (Å²) < 4.78 is 14.1. The minimum Gasteiger partial charge on any atom is -0.385 e. The van der Waals surface area contributed by atoms with E-state index in [-0.39, 0.29) is 5.82 Å². The monoisotopic (exact) mass is 336 g/mol. The molecule has 0 amide bonds. The Bertz CT molecular complexity index is 590. The minimum absolute atomic E-state index is 0.291. The van der Waals surface area contributed by atoms with Gasteiger partial charge in [-0.25, -0.2) is 4.39 Å². The summed E-state index contributed by atoms with van der Waals surface area (Å²) in [6.07, 6.45) is 1.33. The highest BCUT2D eigenvalue weighted by atomic mass is 79.9. The zero-order chi connectivity index (χ0) is 14.8. The van der Waals surface area contributed by atoms with Gasteiger partial charge in [-0.1, -0.05) is 47.1 Å². The molecule has 0 spiro atoms. The molecule has 2 aromatic rings. The van der Waals surface area contributed by atoms with Crippen LogP contribution in [0.3, 0.4) is 0 Å². The molecule has 0 aromatic heterocycles. The zero-order valence-electron chi connectivity index (χ0n) is 11.7. The number of halogens is 2. The predicted molar refractivity (Wildman–Crippen MR) is 83.2 cm³/mol. The quantitative estimate of drug-likeness (QED) is 0.864. The Morgan fingerprint density at radius 1 is 1.15 bits per heavy atom. The fraction of sp³-hybridized carbons (Fsp3) is 0.294. The van der Waals surface area contributed by atoms with Crippen LogP contribution in [0.4, 0.5) is 4.39 Å². The molecule has 2 aromatic carbocycles. The van der Waals surface area contributed by atoms with Crippen molar-refractivity contribution in [2.75, 3.05) is 0 Å². The molecule has 0 saturated heterocycles. The average Bonchev–Trinajstić information content (AvgIpc) is 2.43. The minimum atomic E-state index is -1.03. The molecule has 3 heteroatoms. The molecule has 1 N–H and O–H groups in total. The second-order valence-corrected chi connectivity index (χ2v) is 6.09. The fourth-order valence-corrected chi connectivity index (χ4v) is 2.64. The van der Waals surface area contributed by atoms with Crippen molar-refractivity contribution in [3.05, 3.63) is 69.4 Å². The van der Waals surface area contributed by atoms with E-state index in [1.807, 2.05) is 24.3 Å². The van der Waals surface area contributed by atoms with Crippen molar-refractivity contribution in [2.45, 2.75) is 32.3 Å². The second kappa shape index (κ2) is 6.06. The van der Waals surface area contributed by atoms with Gasteiger partial charge in [-0.05, 0) is 48.2 Å². The molecular formula is C17H18BrFO. The van der Waals surface area contributed by atoms with E-state index in [0.29, 0.717) is 6.42 Å². The van der Waals surface area contributed by atoms with Gasteiger partial charge in [-0.15, -0.1) is 0 Å². The van der Waals surface area contributed by atoms with Gasteiger partial charge in [0.2, 0.25) is 0 Å². The Morgan fingerprint density at radius 3 is 2.40 bits per heavy atom. The lowest BCUT2D eigenvalue weighted by Crippen LogP contribution is -2.24. The number of hydrogen-bond donors (Lipinski definition) is 1. The van der Waals surface area contributed by atoms with E-state index in [0.717, 1.165) is 22.0 Å². The third-order valence-electron chi connectivity index (χ3n) is 3.53. The molecule has 0 fully saturated rings. The van der Waals surface area contributed by atoms with Crippen LogP contribution < -0.4 is 0 Å². The van der Waals surface area contributed by atoms with Crippen LogP contribution in [0, 0.1) is 5.82 Å². The Labute approximate surface area is 127 Å². The van der Waals surface area contributed by atoms with E-state index in [2.05, 4.69) is 22.9 Å². The highest BCUT2D eigenvalue weighted by Crippen LogP contribution is 2.29. The molecule has 0 aliphatic heterocycles. The number of aliphatic hydroxyl groups is 1. The summed E-state index contributed by atoms with van der Waals surface area (Å²) in [5.41, 5.74) is 1.81. The van der Waals surface area contributed by atoms with E-state index in [9.17, 15) is 9.50 Å². The fourth-order valence-electron chi connectivity index (χ4n) is 2.25. The first kappa shape index (κ1) is 15.2. The molecule has 0 saturated carbocycles. The summed E-state index contributed by atoms with van der Waals surface area (Å²) in [4.78, 5) is 0. The lowest BCUT2D eigenvalue weighted by Gasteiger charge is -2.25. The normalized spacial score (nSPS) is 14.1. The van der Waals surface area contributed by atoms with Crippen LogP contribution in [0.25, 0.3) is 0 Å². The average molecular weight is 337 g/mol. The van der Waals surface area contributed by atoms with Gasteiger partial charge < -0.3 is 5.11 Å². The van der Waals surface area contributed by atoms with Crippen molar-refractivity contribution in [1.29, 1.82) is 0 Å². The van der Waals surface area contributed by atoms with Crippen molar-refractivity contribution >= 4 is 15.9 Å². The molecule has 1 atom stereocenters. The summed E-state index contributed by atoms with van der Waals surface area (Å²) in [5.74, 6) is -0.291. The van der Waals surface area contributed by atoms with Gasteiger partial charge in [0, 0.05) is 10.9 Å². The van der Waals surface area contributed by atoms with Crippen LogP contribution in [-0.2, 0) is 18.4 Å². The second-order valence-electron chi connectivity index (χ2n) is 5.24. The van der Waals surface area contributed by atoms with Crippen molar-refractivity contribution in [2.24, 2.45) is 0 Å². The standard InChI is InChI=1S/C17H18BrFO/c1-3-12-4-6-14(7-5-12)17(2,20)11-13-10-15(19)8-9-16(13)18/h4-10,20H,3,11H2,1-2H3. The lowest BCUT2D eigenvalue weighted by atomic mass is 9.88. The Morgan fingerprint density at radius 2 is 1.80 bits per heavy atom. The van der Waals surface area contributed by atoms with Crippen LogP contribution in [-0.4, -0.2) is 5.11 Å². The molecule has 0 heterocycles. The van der Waals surface area contributed by atoms with Gasteiger partial charge in [-0.3, -0.25) is 0 Å². The highest BCUT2D eigenvalue weighted by molar-refractivity contribution is 9.10. The molecule has 0 aliphatic rings. The summed E-state index contributed by atoms with van der Waals surface area (Å²) in [6, 6.07) is 12.4. The third-order valence-corrected chi connectivity index (χ3v) is 4.30. The lowest BCUT2D eigenvalue weighted by molar-refractivity contribution is 0.0574. The van der Waals surface area contributed by atoms with Crippen molar-refractivity contribution < 1.29 is 9.50 Å². The summed E-state index contributed by atoms with van der Waals surface area (Å²) in [6.45, 7) is 3.85. The van der Waals surface area contributed by atoms with Gasteiger partial charge in [0.15, 0.2) is 0 Å². The smallest absolute Gasteiger partial charge is 0.123 e. The van der Waals surface area contributed by atoms with Gasteiger partial charge in [0.25, 0.3) is 0 Å². The molecule has 0 aliphatic carbocycles. The Balaban J connectivity index is 2.27. The van der Waals surface area contributed by atoms with Gasteiger partial charge in [0.05, 0.1) is 5.60 Å². The molecule has 1 nitrogen and oxygen atoms in total. The zero-order valence-corrected chi connectivity index (χ0v) is 13.2. The molecule has 0 bridgehead atoms. The predicted octanol–water partition coefficient (Wildman–Crippen LogP) is 4.60. The Hall–Kier alpha value is -1.19. The van der Waals surface area contributed by atoms with Crippen molar-refractivity contribution in [1.82, 2.24) is 0 Å². The van der Waals surface area contributed by atoms with Gasteiger partial charge in [0.1, 0.15) is 5.82 Å². The van der Waals surface area contributed by atoms with Crippen LogP contribution >= 0.6 is 15.9 Å². The van der Waals surface area contributed by atoms with Crippen LogP contribution in [0.1, 0.15) is 30.5 Å². The van der Waals surface area contributed by atoms with Crippen molar-refractivity contribution in [3.8, 4) is 0 Å². The van der Waals surface area contributed by atoms with Crippen molar-refractivity contribution in [3.63, 3.8) is 0 Å². The number of benzene rings is 2. The van der Waals surface area contributed by atoms with Crippen LogP contribution in [0.15, 0.2) is 46.9 Å². The topological polar surface area (TPSA) is 20.2 Å². The van der Waals surface area contributed by atoms with E-state index in [1.54, 1.807) is 13.0 Å². The molecule has 2 rings (SSSR count). The first-order valence-electron chi connectivity index (χ1n) is 6.68. The summed E-state index contributed by atoms with van der Waals surface area (Å²) in [5, 5.41) is 10.7. The van der Waals surface area contributed by atoms with E-state index >= 15 is 0 Å². The van der Waals surface area contributed by atoms with Crippen LogP contribution in [0.5, 0.6) is 0 Å². The summed E-state index contributed by atoms with van der Waals surface area (Å²) >= 11 is 3.40. The van der Waals surface area contributed by atoms with E-state index in [4.69, 9.17) is 0 Å². The number of aryl methyl sites for hydroxylation is 1. The molecule has 0 radical (unpaired) electrons. The number of rotatable bonds is 4. The number of hydrogen-bond acceptors (Lipinski definition) is 1. The SMILES string of the molecule is CCc1ccc(C(C)(O)Cc2cc(F)ccc2Br)cc1. The van der Waals surface area contributed by atoms with E-state index < -0.39 is 5.60 Å². The largest absolute Gasteiger partial charge is 0.385 e. The maximum atomic E-state index is 13.3.